The summed E-state index contributed by atoms with van der Waals surface area (Å²) in [5.74, 6) is 3.67. The normalized spacial score (nSPS) is 10.8. The number of rotatable bonds is 3. The highest BCUT2D eigenvalue weighted by Gasteiger charge is 2.14. The molecule has 0 radical (unpaired) electrons. The van der Waals surface area contributed by atoms with Gasteiger partial charge in [0, 0.05) is 5.56 Å². The molecule has 1 N–H and O–H groups in total. The van der Waals surface area contributed by atoms with Crippen LogP contribution in [0.3, 0.4) is 0 Å². The molecule has 4 rings (SSSR count). The maximum Gasteiger partial charge on any atom is 0.160 e. The molecule has 3 aromatic carbocycles. The van der Waals surface area contributed by atoms with Crippen LogP contribution in [0.2, 0.25) is 0 Å². The van der Waals surface area contributed by atoms with Crippen LogP contribution >= 0.6 is 0 Å². The van der Waals surface area contributed by atoms with E-state index in [-0.39, 0.29) is 0 Å². The van der Waals surface area contributed by atoms with E-state index in [4.69, 9.17) is 18.9 Å². The first-order valence-corrected chi connectivity index (χ1v) is 10.8. The average Bonchev–Trinajstić information content (AvgIpc) is 2.88. The fraction of sp³-hybridized carbons (Fsp3) is 0.333. The van der Waals surface area contributed by atoms with E-state index in [9.17, 15) is 5.11 Å². The number of methoxy groups -OCH3 is 3. The van der Waals surface area contributed by atoms with E-state index >= 15 is 0 Å². The molecule has 32 heavy (non-hydrogen) atoms. The van der Waals surface area contributed by atoms with Crippen LogP contribution < -0.4 is 18.9 Å². The molecule has 0 saturated carbocycles. The second-order valence-corrected chi connectivity index (χ2v) is 6.52. The Hall–Kier alpha value is -3.34. The number of benzene rings is 3. The van der Waals surface area contributed by atoms with Crippen LogP contribution in [-0.4, -0.2) is 33.0 Å². The molecule has 0 fully saturated rings. The Morgan fingerprint density at radius 2 is 1.31 bits per heavy atom. The lowest BCUT2D eigenvalue weighted by Gasteiger charge is -2.19. The van der Waals surface area contributed by atoms with Crippen molar-refractivity contribution < 1.29 is 24.1 Å². The third-order valence-corrected chi connectivity index (χ3v) is 4.56. The minimum atomic E-state index is 0.329. The van der Waals surface area contributed by atoms with Crippen molar-refractivity contribution in [2.24, 2.45) is 0 Å². The zero-order valence-corrected chi connectivity index (χ0v) is 20.1. The highest BCUT2D eigenvalue weighted by atomic mass is 16.5. The molecule has 0 spiro atoms. The first kappa shape index (κ1) is 26.7. The zero-order valence-electron chi connectivity index (χ0n) is 20.1. The number of hydrogen-bond donors (Lipinski definition) is 1. The number of phenols is 1. The summed E-state index contributed by atoms with van der Waals surface area (Å²) in [5.41, 5.74) is 2.09. The maximum atomic E-state index is 9.40. The Kier molecular flexibility index (Phi) is 12.9. The van der Waals surface area contributed by atoms with E-state index in [0.717, 1.165) is 48.0 Å². The molecule has 174 valence electrons. The van der Waals surface area contributed by atoms with Gasteiger partial charge in [0.2, 0.25) is 0 Å². The molecule has 5 nitrogen and oxygen atoms in total. The number of para-hydroxylation sites is 3. The van der Waals surface area contributed by atoms with Crippen LogP contribution in [0, 0.1) is 6.92 Å². The second kappa shape index (κ2) is 15.5. The molecule has 1 aliphatic heterocycles. The monoisotopic (exact) mass is 440 g/mol. The standard InChI is InChI=1S/C10H12O2.C8H10O2.C7H8O.C2H6/c1-7-9(11)5-4-8-3-2-6-12-10(7)8;1-9-7-5-3-4-6-8(7)10-2;1-8-7-5-3-2-4-6-7;1-2/h4-5,11H,2-3,6H2,1H3;3-6H,1-2H3;2-6H,1H3;1-2H3. The van der Waals surface area contributed by atoms with Crippen molar-refractivity contribution in [1.82, 2.24) is 0 Å². The van der Waals surface area contributed by atoms with Gasteiger partial charge in [-0.2, -0.15) is 0 Å². The molecule has 0 saturated heterocycles. The Morgan fingerprint density at radius 1 is 0.750 bits per heavy atom. The van der Waals surface area contributed by atoms with Crippen LogP contribution in [0.25, 0.3) is 0 Å². The summed E-state index contributed by atoms with van der Waals surface area (Å²) in [5, 5.41) is 9.40. The molecule has 5 heteroatoms. The fourth-order valence-electron chi connectivity index (χ4n) is 2.92. The predicted molar refractivity (Wildman–Crippen MR) is 131 cm³/mol. The van der Waals surface area contributed by atoms with Crippen LogP contribution in [0.5, 0.6) is 28.7 Å². The number of phenolic OH excluding ortho intramolecular Hbond substituents is 1. The van der Waals surface area contributed by atoms with E-state index in [1.54, 1.807) is 27.4 Å². The molecule has 3 aromatic rings. The lowest BCUT2D eigenvalue weighted by atomic mass is 10.0. The van der Waals surface area contributed by atoms with E-state index in [2.05, 4.69) is 0 Å². The Morgan fingerprint density at radius 3 is 1.81 bits per heavy atom. The molecule has 1 aliphatic rings. The van der Waals surface area contributed by atoms with Crippen molar-refractivity contribution in [2.45, 2.75) is 33.6 Å². The van der Waals surface area contributed by atoms with Crippen LogP contribution in [-0.2, 0) is 6.42 Å². The van der Waals surface area contributed by atoms with Gasteiger partial charge in [-0.1, -0.05) is 50.2 Å². The molecule has 0 unspecified atom stereocenters. The zero-order chi connectivity index (χ0) is 23.8. The Labute approximate surface area is 192 Å². The third kappa shape index (κ3) is 8.42. The smallest absolute Gasteiger partial charge is 0.160 e. The van der Waals surface area contributed by atoms with Gasteiger partial charge in [-0.15, -0.1) is 0 Å². The first-order chi connectivity index (χ1) is 15.6. The predicted octanol–water partition coefficient (Wildman–Crippen LogP) is 6.45. The number of aromatic hydroxyl groups is 1. The van der Waals surface area contributed by atoms with Crippen molar-refractivity contribution in [3.05, 3.63) is 77.9 Å². The summed E-state index contributed by atoms with van der Waals surface area (Å²) in [6.45, 7) is 6.66. The van der Waals surface area contributed by atoms with Gasteiger partial charge in [-0.05, 0) is 55.7 Å². The van der Waals surface area contributed by atoms with E-state index < -0.39 is 0 Å². The highest BCUT2D eigenvalue weighted by Crippen LogP contribution is 2.33. The van der Waals surface area contributed by atoms with Crippen LogP contribution in [0.1, 0.15) is 31.4 Å². The molecule has 0 amide bonds. The van der Waals surface area contributed by atoms with Crippen LogP contribution in [0.4, 0.5) is 0 Å². The minimum Gasteiger partial charge on any atom is -0.508 e. The molecule has 0 atom stereocenters. The molecule has 0 aromatic heterocycles. The Bertz CT molecular complexity index is 871. The quantitative estimate of drug-likeness (QED) is 0.507. The van der Waals surface area contributed by atoms with E-state index in [1.165, 1.54) is 5.56 Å². The minimum absolute atomic E-state index is 0.329. The maximum absolute atomic E-state index is 9.40. The number of hydrogen-bond acceptors (Lipinski definition) is 5. The lowest BCUT2D eigenvalue weighted by molar-refractivity contribution is 0.284. The van der Waals surface area contributed by atoms with Gasteiger partial charge in [0.1, 0.15) is 17.2 Å². The summed E-state index contributed by atoms with van der Waals surface area (Å²) in [6.07, 6.45) is 2.15. The van der Waals surface area contributed by atoms with Crippen molar-refractivity contribution in [1.29, 1.82) is 0 Å². The van der Waals surface area contributed by atoms with E-state index in [1.807, 2.05) is 81.4 Å². The van der Waals surface area contributed by atoms with Gasteiger partial charge in [-0.25, -0.2) is 0 Å². The van der Waals surface area contributed by atoms with E-state index in [0.29, 0.717) is 5.75 Å². The Balaban J connectivity index is 0.000000235. The number of ether oxygens (including phenoxy) is 4. The highest BCUT2D eigenvalue weighted by molar-refractivity contribution is 5.49. The first-order valence-electron chi connectivity index (χ1n) is 10.8. The molecular weight excluding hydrogens is 404 g/mol. The largest absolute Gasteiger partial charge is 0.508 e. The van der Waals surface area contributed by atoms with Gasteiger partial charge in [0.15, 0.2) is 11.5 Å². The van der Waals surface area contributed by atoms with Crippen LogP contribution in [0.15, 0.2) is 66.7 Å². The van der Waals surface area contributed by atoms with Crippen molar-refractivity contribution >= 4 is 0 Å². The van der Waals surface area contributed by atoms with Gasteiger partial charge in [0.25, 0.3) is 0 Å². The number of aryl methyl sites for hydroxylation is 1. The SMILES string of the molecule is CC.COc1ccccc1.COc1ccccc1OC.Cc1c(O)ccc2c1OCCC2. The van der Waals surface area contributed by atoms with Crippen molar-refractivity contribution in [3.8, 4) is 28.7 Å². The summed E-state index contributed by atoms with van der Waals surface area (Å²) in [4.78, 5) is 0. The topological polar surface area (TPSA) is 57.2 Å². The van der Waals surface area contributed by atoms with Gasteiger partial charge in [-0.3, -0.25) is 0 Å². The lowest BCUT2D eigenvalue weighted by Crippen LogP contribution is -2.09. The molecule has 0 bridgehead atoms. The summed E-state index contributed by atoms with van der Waals surface area (Å²) in [7, 11) is 4.91. The summed E-state index contributed by atoms with van der Waals surface area (Å²) in [6, 6.07) is 20.9. The summed E-state index contributed by atoms with van der Waals surface area (Å²) < 4.78 is 20.4. The number of fused-ring (bicyclic) bond motifs is 1. The average molecular weight is 441 g/mol. The molecule has 0 aliphatic carbocycles. The van der Waals surface area contributed by atoms with Gasteiger partial charge < -0.3 is 24.1 Å². The van der Waals surface area contributed by atoms with Crippen molar-refractivity contribution in [2.75, 3.05) is 27.9 Å². The summed E-state index contributed by atoms with van der Waals surface area (Å²) >= 11 is 0. The fourth-order valence-corrected chi connectivity index (χ4v) is 2.92. The second-order valence-electron chi connectivity index (χ2n) is 6.52. The van der Waals surface area contributed by atoms with Crippen molar-refractivity contribution in [3.63, 3.8) is 0 Å². The van der Waals surface area contributed by atoms with Gasteiger partial charge >= 0.3 is 0 Å². The molecule has 1 heterocycles. The third-order valence-electron chi connectivity index (χ3n) is 4.56. The van der Waals surface area contributed by atoms with Gasteiger partial charge in [0.05, 0.1) is 27.9 Å². The molecular formula is C27H36O5.